The highest BCUT2D eigenvalue weighted by Gasteiger charge is 2.49. The third-order valence-corrected chi connectivity index (χ3v) is 6.68. The van der Waals surface area contributed by atoms with Crippen LogP contribution in [0.2, 0.25) is 5.02 Å². The van der Waals surface area contributed by atoms with Gasteiger partial charge in [-0.2, -0.15) is 0 Å². The molecule has 1 aliphatic heterocycles. The van der Waals surface area contributed by atoms with Gasteiger partial charge in [-0.05, 0) is 48.7 Å². The van der Waals surface area contributed by atoms with Crippen molar-refractivity contribution in [3.8, 4) is 5.75 Å². The van der Waals surface area contributed by atoms with Crippen LogP contribution in [0.1, 0.15) is 42.9 Å². The van der Waals surface area contributed by atoms with Gasteiger partial charge in [0.25, 0.3) is 11.7 Å². The molecule has 2 fully saturated rings. The van der Waals surface area contributed by atoms with Gasteiger partial charge in [0, 0.05) is 31.4 Å². The second-order valence-electron chi connectivity index (χ2n) is 8.48. The molecule has 2 aliphatic rings. The van der Waals surface area contributed by atoms with Gasteiger partial charge < -0.3 is 19.6 Å². The van der Waals surface area contributed by atoms with Crippen molar-refractivity contribution >= 4 is 34.7 Å². The number of ether oxygens (including phenoxy) is 1. The average Bonchev–Trinajstić information content (AvgIpc) is 3.40. The van der Waals surface area contributed by atoms with Crippen molar-refractivity contribution in [2.45, 2.75) is 37.8 Å². The Hall–Kier alpha value is -2.99. The summed E-state index contributed by atoms with van der Waals surface area (Å²) in [5.74, 6) is -1.04. The van der Waals surface area contributed by atoms with Crippen molar-refractivity contribution in [2.75, 3.05) is 26.1 Å². The van der Waals surface area contributed by atoms with Gasteiger partial charge in [0.15, 0.2) is 0 Å². The van der Waals surface area contributed by atoms with Gasteiger partial charge in [0.2, 0.25) is 0 Å². The van der Waals surface area contributed by atoms with Gasteiger partial charge in [-0.3, -0.25) is 9.59 Å². The van der Waals surface area contributed by atoms with E-state index in [4.69, 9.17) is 16.3 Å². The van der Waals surface area contributed by atoms with Crippen LogP contribution < -0.4 is 9.64 Å². The van der Waals surface area contributed by atoms with Gasteiger partial charge in [0.05, 0.1) is 23.7 Å². The second-order valence-corrected chi connectivity index (χ2v) is 8.88. The van der Waals surface area contributed by atoms with E-state index in [0.717, 1.165) is 36.9 Å². The predicted molar refractivity (Wildman–Crippen MR) is 125 cm³/mol. The number of aliphatic hydroxyl groups is 1. The fourth-order valence-corrected chi connectivity index (χ4v) is 4.86. The van der Waals surface area contributed by atoms with Gasteiger partial charge in [-0.15, -0.1) is 0 Å². The standard InChI is InChI=1S/C25H27ClN2O4/c1-27(2)16-10-8-15(9-11-16)22-21(23(29)19-14-18(32-3)12-13-20(19)26)24(30)25(31)28(22)17-6-4-5-7-17/h8-14,17,22,29H,4-7H2,1-3H3/b23-21+. The van der Waals surface area contributed by atoms with Crippen LogP contribution in [0.25, 0.3) is 5.76 Å². The number of ketones is 1. The molecule has 0 aromatic heterocycles. The normalized spacial score (nSPS) is 20.8. The quantitative estimate of drug-likeness (QED) is 0.400. The molecule has 1 aliphatic carbocycles. The number of amides is 1. The summed E-state index contributed by atoms with van der Waals surface area (Å²) in [5.41, 5.74) is 2.12. The third-order valence-electron chi connectivity index (χ3n) is 6.35. The molecule has 168 valence electrons. The molecule has 6 nitrogen and oxygen atoms in total. The predicted octanol–water partition coefficient (Wildman–Crippen LogP) is 4.78. The molecule has 7 heteroatoms. The van der Waals surface area contributed by atoms with Crippen molar-refractivity contribution in [1.29, 1.82) is 0 Å². The topological polar surface area (TPSA) is 70.1 Å². The van der Waals surface area contributed by atoms with Crippen LogP contribution in [0.15, 0.2) is 48.0 Å². The SMILES string of the molecule is COc1ccc(Cl)c(/C(O)=C2\C(=O)C(=O)N(C3CCCC3)C2c2ccc(N(C)C)cc2)c1. The lowest BCUT2D eigenvalue weighted by molar-refractivity contribution is -0.141. The lowest BCUT2D eigenvalue weighted by atomic mass is 9.94. The molecule has 1 heterocycles. The molecule has 0 radical (unpaired) electrons. The van der Waals surface area contributed by atoms with Crippen LogP contribution in [0.5, 0.6) is 5.75 Å². The Bertz CT molecular complexity index is 1070. The van der Waals surface area contributed by atoms with E-state index in [1.54, 1.807) is 23.1 Å². The van der Waals surface area contributed by atoms with E-state index in [2.05, 4.69) is 0 Å². The van der Waals surface area contributed by atoms with E-state index >= 15 is 0 Å². The molecule has 1 atom stereocenters. The molecule has 4 rings (SSSR count). The van der Waals surface area contributed by atoms with Crippen molar-refractivity contribution < 1.29 is 19.4 Å². The summed E-state index contributed by atoms with van der Waals surface area (Å²) in [5, 5.41) is 11.6. The summed E-state index contributed by atoms with van der Waals surface area (Å²) in [6, 6.07) is 11.9. The number of anilines is 1. The molecule has 1 saturated carbocycles. The number of carbonyl (C=O) groups is 2. The number of nitrogens with zero attached hydrogens (tertiary/aromatic N) is 2. The molecule has 2 aromatic carbocycles. The smallest absolute Gasteiger partial charge is 0.295 e. The highest BCUT2D eigenvalue weighted by molar-refractivity contribution is 6.47. The number of benzene rings is 2. The van der Waals surface area contributed by atoms with Crippen molar-refractivity contribution in [3.63, 3.8) is 0 Å². The Morgan fingerprint density at radius 1 is 1.09 bits per heavy atom. The van der Waals surface area contributed by atoms with Crippen molar-refractivity contribution in [3.05, 3.63) is 64.2 Å². The summed E-state index contributed by atoms with van der Waals surface area (Å²) in [4.78, 5) is 30.0. The monoisotopic (exact) mass is 454 g/mol. The fourth-order valence-electron chi connectivity index (χ4n) is 4.65. The summed E-state index contributed by atoms with van der Waals surface area (Å²) in [7, 11) is 5.41. The minimum absolute atomic E-state index is 0.0314. The molecule has 1 N–H and O–H groups in total. The van der Waals surface area contributed by atoms with Crippen LogP contribution in [0.3, 0.4) is 0 Å². The minimum atomic E-state index is -0.685. The lowest BCUT2D eigenvalue weighted by Gasteiger charge is -2.31. The first-order chi connectivity index (χ1) is 15.3. The number of hydrogen-bond acceptors (Lipinski definition) is 5. The number of likely N-dealkylation sites (tertiary alicyclic amines) is 1. The molecule has 0 spiro atoms. The van der Waals surface area contributed by atoms with E-state index in [1.807, 2.05) is 43.3 Å². The van der Waals surface area contributed by atoms with Crippen molar-refractivity contribution in [2.24, 2.45) is 0 Å². The molecule has 2 aromatic rings. The van der Waals surface area contributed by atoms with E-state index < -0.39 is 17.7 Å². The average molecular weight is 455 g/mol. The maximum absolute atomic E-state index is 13.2. The molecule has 1 unspecified atom stereocenters. The molecule has 1 saturated heterocycles. The Balaban J connectivity index is 1.89. The van der Waals surface area contributed by atoms with Crippen LogP contribution in [0, 0.1) is 0 Å². The summed E-state index contributed by atoms with van der Waals surface area (Å²) >= 11 is 6.36. The minimum Gasteiger partial charge on any atom is -0.507 e. The van der Waals surface area contributed by atoms with E-state index in [-0.39, 0.29) is 28.0 Å². The molecule has 1 amide bonds. The Kier molecular flexibility index (Phi) is 6.15. The second kappa shape index (κ2) is 8.87. The number of rotatable bonds is 5. The van der Waals surface area contributed by atoms with Gasteiger partial charge in [0.1, 0.15) is 11.5 Å². The molecular formula is C25H27ClN2O4. The first-order valence-corrected chi connectivity index (χ1v) is 11.1. The molecule has 0 bridgehead atoms. The van der Waals surface area contributed by atoms with Crippen LogP contribution in [0.4, 0.5) is 5.69 Å². The maximum atomic E-state index is 13.2. The number of halogens is 1. The summed E-state index contributed by atoms with van der Waals surface area (Å²) < 4.78 is 5.26. The number of Topliss-reactive ketones (excluding diaryl/α,β-unsaturated/α-hetero) is 1. The van der Waals surface area contributed by atoms with Crippen LogP contribution in [-0.4, -0.2) is 48.9 Å². The third kappa shape index (κ3) is 3.84. The highest BCUT2D eigenvalue weighted by Crippen LogP contribution is 2.44. The van der Waals surface area contributed by atoms with Gasteiger partial charge >= 0.3 is 0 Å². The number of aliphatic hydroxyl groups excluding tert-OH is 1. The summed E-state index contributed by atoms with van der Waals surface area (Å²) in [6.07, 6.45) is 3.72. The first-order valence-electron chi connectivity index (χ1n) is 10.7. The van der Waals surface area contributed by atoms with E-state index in [9.17, 15) is 14.7 Å². The van der Waals surface area contributed by atoms with Gasteiger partial charge in [-0.1, -0.05) is 36.6 Å². The Labute approximate surface area is 193 Å². The largest absolute Gasteiger partial charge is 0.507 e. The molecular weight excluding hydrogens is 428 g/mol. The van der Waals surface area contributed by atoms with Crippen molar-refractivity contribution in [1.82, 2.24) is 4.90 Å². The Morgan fingerprint density at radius 2 is 1.75 bits per heavy atom. The Morgan fingerprint density at radius 3 is 2.34 bits per heavy atom. The first kappa shape index (κ1) is 22.2. The summed E-state index contributed by atoms with van der Waals surface area (Å²) in [6.45, 7) is 0. The van der Waals surface area contributed by atoms with E-state index in [0.29, 0.717) is 5.75 Å². The number of hydrogen-bond donors (Lipinski definition) is 1. The number of carbonyl (C=O) groups excluding carboxylic acids is 2. The van der Waals surface area contributed by atoms with Gasteiger partial charge in [-0.25, -0.2) is 0 Å². The zero-order chi connectivity index (χ0) is 23.0. The maximum Gasteiger partial charge on any atom is 0.295 e. The lowest BCUT2D eigenvalue weighted by Crippen LogP contribution is -2.37. The highest BCUT2D eigenvalue weighted by atomic mass is 35.5. The number of methoxy groups -OCH3 is 1. The zero-order valence-electron chi connectivity index (χ0n) is 18.5. The van der Waals surface area contributed by atoms with E-state index in [1.165, 1.54) is 7.11 Å². The molecule has 32 heavy (non-hydrogen) atoms. The fraction of sp³-hybridized carbons (Fsp3) is 0.360. The van der Waals surface area contributed by atoms with Crippen LogP contribution in [-0.2, 0) is 9.59 Å². The van der Waals surface area contributed by atoms with Crippen LogP contribution >= 0.6 is 11.6 Å². The zero-order valence-corrected chi connectivity index (χ0v) is 19.2.